The fourth-order valence-electron chi connectivity index (χ4n) is 5.90. The van der Waals surface area contributed by atoms with E-state index in [0.29, 0.717) is 36.1 Å². The van der Waals surface area contributed by atoms with E-state index >= 15 is 0 Å². The van der Waals surface area contributed by atoms with Crippen LogP contribution in [0.3, 0.4) is 0 Å². The van der Waals surface area contributed by atoms with Gasteiger partial charge in [0.25, 0.3) is 5.91 Å². The molecular formula is C30H40F2N8O2. The van der Waals surface area contributed by atoms with Crippen molar-refractivity contribution in [2.24, 2.45) is 23.2 Å². The van der Waals surface area contributed by atoms with Crippen LogP contribution in [0.25, 0.3) is 5.65 Å². The first kappa shape index (κ1) is 28.7. The molecule has 42 heavy (non-hydrogen) atoms. The molecule has 3 aliphatic rings. The molecule has 2 atom stereocenters. The minimum Gasteiger partial charge on any atom is -0.349 e. The number of carbonyl (C=O) groups excluding carboxylic acids is 2. The Kier molecular flexibility index (Phi) is 7.51. The Morgan fingerprint density at radius 1 is 1.00 bits per heavy atom. The molecule has 1 unspecified atom stereocenters. The molecule has 3 aliphatic carbocycles. The minimum absolute atomic E-state index is 0.00856. The third-order valence-corrected chi connectivity index (χ3v) is 8.55. The van der Waals surface area contributed by atoms with Crippen LogP contribution in [-0.2, 0) is 11.3 Å². The van der Waals surface area contributed by atoms with E-state index in [1.807, 2.05) is 26.8 Å². The summed E-state index contributed by atoms with van der Waals surface area (Å²) in [5.41, 5.74) is 2.10. The standard InChI is InChI=1S/C30H40F2N8O2/c1-29(2,3)13-25(41)36-26(19-6-7-19)21-12-24-35-23(17-39(24)33-14-21)27(20-8-10-30(31,32)11-9-20)37-28(42)22-15-34-40(38-22)16-18-4-5-18/h12,14-15,17-20,26-27H,4-11,13,16H2,1-3H3,(H,36,41)(H,37,42)/t26?,27-/m0/s1. The van der Waals surface area contributed by atoms with Crippen molar-refractivity contribution < 1.29 is 18.4 Å². The first-order valence-corrected chi connectivity index (χ1v) is 15.2. The summed E-state index contributed by atoms with van der Waals surface area (Å²) in [6.07, 6.45) is 9.83. The Balaban J connectivity index is 1.24. The van der Waals surface area contributed by atoms with Gasteiger partial charge in [-0.3, -0.25) is 9.59 Å². The molecule has 12 heteroatoms. The number of alkyl halides is 2. The summed E-state index contributed by atoms with van der Waals surface area (Å²) in [7, 11) is 0. The number of fused-ring (bicyclic) bond motifs is 1. The molecule has 0 bridgehead atoms. The predicted molar refractivity (Wildman–Crippen MR) is 151 cm³/mol. The maximum absolute atomic E-state index is 14.1. The fraction of sp³-hybridized carbons (Fsp3) is 0.667. The third kappa shape index (κ3) is 6.95. The molecule has 2 N–H and O–H groups in total. The van der Waals surface area contributed by atoms with Gasteiger partial charge in [-0.1, -0.05) is 20.8 Å². The largest absolute Gasteiger partial charge is 0.349 e. The highest BCUT2D eigenvalue weighted by atomic mass is 19.3. The lowest BCUT2D eigenvalue weighted by atomic mass is 9.81. The SMILES string of the molecule is CC(C)(C)CC(=O)NC(c1cnn2cc([C@@H](NC(=O)c3cnn(CC4CC4)n3)C3CCC(F)(F)CC3)nc2c1)C1CC1. The molecule has 3 fully saturated rings. The van der Waals surface area contributed by atoms with Crippen LogP contribution < -0.4 is 10.6 Å². The number of nitrogens with zero attached hydrogens (tertiary/aromatic N) is 6. The lowest BCUT2D eigenvalue weighted by Crippen LogP contribution is -2.37. The van der Waals surface area contributed by atoms with Gasteiger partial charge in [0, 0.05) is 19.3 Å². The Labute approximate surface area is 244 Å². The van der Waals surface area contributed by atoms with Crippen molar-refractivity contribution in [3.63, 3.8) is 0 Å². The Hall–Kier alpha value is -3.44. The van der Waals surface area contributed by atoms with Gasteiger partial charge < -0.3 is 10.6 Å². The quantitative estimate of drug-likeness (QED) is 0.346. The number of amides is 2. The molecule has 2 amide bonds. The van der Waals surface area contributed by atoms with E-state index in [-0.39, 0.29) is 54.7 Å². The first-order chi connectivity index (χ1) is 19.9. The molecule has 0 spiro atoms. The average Bonchev–Trinajstić information content (AvgIpc) is 3.83. The third-order valence-electron chi connectivity index (χ3n) is 8.55. The van der Waals surface area contributed by atoms with Gasteiger partial charge in [-0.05, 0) is 73.3 Å². The number of imidazole rings is 1. The molecular weight excluding hydrogens is 542 g/mol. The number of rotatable bonds is 10. The van der Waals surface area contributed by atoms with Gasteiger partial charge in [-0.25, -0.2) is 18.3 Å². The monoisotopic (exact) mass is 582 g/mol. The Morgan fingerprint density at radius 2 is 1.71 bits per heavy atom. The van der Waals surface area contributed by atoms with Gasteiger partial charge >= 0.3 is 0 Å². The van der Waals surface area contributed by atoms with Crippen LogP contribution in [0.15, 0.2) is 24.7 Å². The molecule has 3 aromatic rings. The molecule has 0 radical (unpaired) electrons. The highest BCUT2D eigenvalue weighted by molar-refractivity contribution is 5.92. The highest BCUT2D eigenvalue weighted by Crippen LogP contribution is 2.43. The van der Waals surface area contributed by atoms with Crippen molar-refractivity contribution in [1.29, 1.82) is 0 Å². The smallest absolute Gasteiger partial charge is 0.274 e. The molecule has 0 aromatic carbocycles. The zero-order chi connectivity index (χ0) is 29.6. The zero-order valence-electron chi connectivity index (χ0n) is 24.5. The summed E-state index contributed by atoms with van der Waals surface area (Å²) in [5.74, 6) is -2.38. The average molecular weight is 583 g/mol. The van der Waals surface area contributed by atoms with Gasteiger partial charge in [0.1, 0.15) is 0 Å². The second-order valence-electron chi connectivity index (χ2n) is 13.8. The number of aromatic nitrogens is 6. The summed E-state index contributed by atoms with van der Waals surface area (Å²) in [6.45, 7) is 6.80. The van der Waals surface area contributed by atoms with Crippen molar-refractivity contribution >= 4 is 17.5 Å². The molecule has 0 saturated heterocycles. The van der Waals surface area contributed by atoms with Gasteiger partial charge in [0.15, 0.2) is 11.3 Å². The Bertz CT molecular complexity index is 1440. The van der Waals surface area contributed by atoms with Crippen molar-refractivity contribution in [1.82, 2.24) is 40.2 Å². The normalized spacial score (nSPS) is 20.8. The van der Waals surface area contributed by atoms with Crippen LogP contribution in [0.5, 0.6) is 0 Å². The van der Waals surface area contributed by atoms with Crippen LogP contribution in [0.4, 0.5) is 8.78 Å². The van der Waals surface area contributed by atoms with Crippen LogP contribution in [-0.4, -0.2) is 47.3 Å². The molecule has 226 valence electrons. The van der Waals surface area contributed by atoms with Crippen molar-refractivity contribution in [2.45, 2.75) is 103 Å². The van der Waals surface area contributed by atoms with Crippen LogP contribution in [0, 0.1) is 23.2 Å². The van der Waals surface area contributed by atoms with E-state index in [4.69, 9.17) is 4.98 Å². The maximum atomic E-state index is 14.1. The number of hydrogen-bond donors (Lipinski definition) is 2. The molecule has 0 aliphatic heterocycles. The van der Waals surface area contributed by atoms with Crippen LogP contribution in [0.1, 0.15) is 112 Å². The van der Waals surface area contributed by atoms with Crippen molar-refractivity contribution in [3.8, 4) is 0 Å². The summed E-state index contributed by atoms with van der Waals surface area (Å²) in [4.78, 5) is 32.4. The van der Waals surface area contributed by atoms with E-state index in [0.717, 1.165) is 31.2 Å². The van der Waals surface area contributed by atoms with E-state index < -0.39 is 17.9 Å². The molecule has 10 nitrogen and oxygen atoms in total. The van der Waals surface area contributed by atoms with E-state index in [1.165, 1.54) is 6.20 Å². The van der Waals surface area contributed by atoms with Gasteiger partial charge in [-0.2, -0.15) is 15.0 Å². The van der Waals surface area contributed by atoms with Gasteiger partial charge in [-0.15, -0.1) is 5.10 Å². The van der Waals surface area contributed by atoms with Gasteiger partial charge in [0.05, 0.1) is 42.9 Å². The Morgan fingerprint density at radius 3 is 2.38 bits per heavy atom. The second-order valence-corrected chi connectivity index (χ2v) is 13.8. The van der Waals surface area contributed by atoms with E-state index in [1.54, 1.807) is 21.7 Å². The maximum Gasteiger partial charge on any atom is 0.274 e. The van der Waals surface area contributed by atoms with E-state index in [9.17, 15) is 18.4 Å². The lowest BCUT2D eigenvalue weighted by Gasteiger charge is -2.33. The zero-order valence-corrected chi connectivity index (χ0v) is 24.5. The first-order valence-electron chi connectivity index (χ1n) is 15.2. The predicted octanol–water partition coefficient (Wildman–Crippen LogP) is 5.03. The topological polar surface area (TPSA) is 119 Å². The molecule has 3 saturated carbocycles. The summed E-state index contributed by atoms with van der Waals surface area (Å²) in [6, 6.07) is 1.19. The second kappa shape index (κ2) is 11.0. The van der Waals surface area contributed by atoms with Crippen molar-refractivity contribution in [2.75, 3.05) is 0 Å². The number of nitrogens with one attached hydrogen (secondary N) is 2. The minimum atomic E-state index is -2.69. The summed E-state index contributed by atoms with van der Waals surface area (Å²) < 4.78 is 29.7. The highest BCUT2D eigenvalue weighted by Gasteiger charge is 2.40. The van der Waals surface area contributed by atoms with Crippen LogP contribution >= 0.6 is 0 Å². The van der Waals surface area contributed by atoms with Gasteiger partial charge in [0.2, 0.25) is 11.8 Å². The lowest BCUT2D eigenvalue weighted by molar-refractivity contribution is -0.123. The summed E-state index contributed by atoms with van der Waals surface area (Å²) in [5, 5.41) is 19.4. The molecule has 6 rings (SSSR count). The van der Waals surface area contributed by atoms with Crippen LogP contribution in [0.2, 0.25) is 0 Å². The number of hydrogen-bond acceptors (Lipinski definition) is 6. The summed E-state index contributed by atoms with van der Waals surface area (Å²) >= 11 is 0. The number of carbonyl (C=O) groups is 2. The molecule has 3 heterocycles. The van der Waals surface area contributed by atoms with Crippen molar-refractivity contribution in [3.05, 3.63) is 41.6 Å². The van der Waals surface area contributed by atoms with E-state index in [2.05, 4.69) is 25.9 Å². The fourth-order valence-corrected chi connectivity index (χ4v) is 5.90. The number of halogens is 2. The molecule has 3 aromatic heterocycles.